The summed E-state index contributed by atoms with van der Waals surface area (Å²) in [7, 11) is 0. The third kappa shape index (κ3) is 3.01. The molecule has 5 nitrogen and oxygen atoms in total. The molecule has 1 heterocycles. The van der Waals surface area contributed by atoms with Gasteiger partial charge in [-0.05, 0) is 37.3 Å². The van der Waals surface area contributed by atoms with Crippen LogP contribution < -0.4 is 5.32 Å². The van der Waals surface area contributed by atoms with E-state index in [4.69, 9.17) is 5.11 Å². The number of nitrogens with zero attached hydrogens (tertiary/aromatic N) is 1. The maximum Gasteiger partial charge on any atom is 0.315 e. The van der Waals surface area contributed by atoms with Crippen molar-refractivity contribution in [3.05, 3.63) is 48.8 Å². The predicted molar refractivity (Wildman–Crippen MR) is 71.2 cm³/mol. The summed E-state index contributed by atoms with van der Waals surface area (Å²) in [4.78, 5) is 22.4. The highest BCUT2D eigenvalue weighted by Crippen LogP contribution is 2.15. The Balaban J connectivity index is 2.16. The number of carboxylic acid groups (broad SMARTS) is 1. The largest absolute Gasteiger partial charge is 0.481 e. The van der Waals surface area contributed by atoms with Gasteiger partial charge in [0.15, 0.2) is 0 Å². The molecule has 1 aromatic heterocycles. The Morgan fingerprint density at radius 2 is 1.89 bits per heavy atom. The highest BCUT2D eigenvalue weighted by atomic mass is 16.4. The number of nitrogens with one attached hydrogen (secondary N) is 1. The number of amides is 1. The lowest BCUT2D eigenvalue weighted by molar-refractivity contribution is -0.144. The van der Waals surface area contributed by atoms with Gasteiger partial charge < -0.3 is 15.0 Å². The van der Waals surface area contributed by atoms with Crippen molar-refractivity contribution in [2.75, 3.05) is 5.32 Å². The normalized spacial score (nSPS) is 11.8. The molecular weight excluding hydrogens is 244 g/mol. The first-order chi connectivity index (χ1) is 9.08. The number of carboxylic acids is 1. The van der Waals surface area contributed by atoms with Crippen molar-refractivity contribution in [2.24, 2.45) is 5.92 Å². The van der Waals surface area contributed by atoms with Crippen molar-refractivity contribution >= 4 is 17.6 Å². The minimum atomic E-state index is -1.14. The number of aliphatic carboxylic acids is 1. The van der Waals surface area contributed by atoms with E-state index in [1.165, 1.54) is 6.92 Å². The minimum Gasteiger partial charge on any atom is -0.481 e. The molecule has 2 N–H and O–H groups in total. The summed E-state index contributed by atoms with van der Waals surface area (Å²) in [6.07, 6.45) is 3.78. The molecule has 1 atom stereocenters. The fourth-order valence-corrected chi connectivity index (χ4v) is 1.61. The topological polar surface area (TPSA) is 71.3 Å². The number of benzene rings is 1. The summed E-state index contributed by atoms with van der Waals surface area (Å²) < 4.78 is 1.90. The zero-order valence-electron chi connectivity index (χ0n) is 10.4. The smallest absolute Gasteiger partial charge is 0.315 e. The van der Waals surface area contributed by atoms with Crippen molar-refractivity contribution in [3.63, 3.8) is 0 Å². The quantitative estimate of drug-likeness (QED) is 0.825. The molecule has 2 aromatic rings. The van der Waals surface area contributed by atoms with Gasteiger partial charge in [-0.25, -0.2) is 0 Å². The van der Waals surface area contributed by atoms with Crippen molar-refractivity contribution in [1.82, 2.24) is 4.57 Å². The highest BCUT2D eigenvalue weighted by Gasteiger charge is 2.20. The average molecular weight is 258 g/mol. The van der Waals surface area contributed by atoms with Crippen LogP contribution >= 0.6 is 0 Å². The number of aromatic nitrogens is 1. The van der Waals surface area contributed by atoms with Gasteiger partial charge in [0.25, 0.3) is 0 Å². The van der Waals surface area contributed by atoms with E-state index in [-0.39, 0.29) is 0 Å². The SMILES string of the molecule is CC(C(=O)O)C(=O)Nc1cccc(-n2cccc2)c1. The monoisotopic (exact) mass is 258 g/mol. The minimum absolute atomic E-state index is 0.530. The first kappa shape index (κ1) is 12.9. The highest BCUT2D eigenvalue weighted by molar-refractivity contribution is 6.03. The Bertz CT molecular complexity index is 590. The van der Waals surface area contributed by atoms with Crippen LogP contribution in [0.1, 0.15) is 6.92 Å². The fourth-order valence-electron chi connectivity index (χ4n) is 1.61. The molecule has 1 unspecified atom stereocenters. The van der Waals surface area contributed by atoms with Crippen LogP contribution in [-0.2, 0) is 9.59 Å². The number of anilines is 1. The molecule has 1 amide bonds. The van der Waals surface area contributed by atoms with Crippen LogP contribution in [0.3, 0.4) is 0 Å². The molecule has 0 aliphatic heterocycles. The van der Waals surface area contributed by atoms with Crippen LogP contribution in [0.2, 0.25) is 0 Å². The maximum absolute atomic E-state index is 11.7. The Hall–Kier alpha value is -2.56. The molecule has 2 rings (SSSR count). The van der Waals surface area contributed by atoms with Crippen LogP contribution in [0.15, 0.2) is 48.8 Å². The number of carbonyl (C=O) groups excluding carboxylic acids is 1. The van der Waals surface area contributed by atoms with E-state index >= 15 is 0 Å². The third-order valence-electron chi connectivity index (χ3n) is 2.78. The van der Waals surface area contributed by atoms with Gasteiger partial charge in [-0.15, -0.1) is 0 Å². The first-order valence-corrected chi connectivity index (χ1v) is 5.85. The van der Waals surface area contributed by atoms with Crippen LogP contribution in [0.25, 0.3) is 5.69 Å². The molecule has 0 aliphatic carbocycles. The molecule has 0 radical (unpaired) electrons. The van der Waals surface area contributed by atoms with Gasteiger partial charge in [0.05, 0.1) is 0 Å². The van der Waals surface area contributed by atoms with E-state index in [1.54, 1.807) is 18.2 Å². The van der Waals surface area contributed by atoms with Gasteiger partial charge in [-0.2, -0.15) is 0 Å². The molecule has 0 bridgehead atoms. The molecule has 0 aliphatic rings. The van der Waals surface area contributed by atoms with Crippen molar-refractivity contribution in [3.8, 4) is 5.69 Å². The summed E-state index contributed by atoms with van der Waals surface area (Å²) in [6, 6.07) is 11.0. The second kappa shape index (κ2) is 5.39. The number of hydrogen-bond acceptors (Lipinski definition) is 2. The van der Waals surface area contributed by atoms with Gasteiger partial charge in [0.1, 0.15) is 5.92 Å². The predicted octanol–water partition coefficient (Wildman–Crippen LogP) is 2.14. The summed E-state index contributed by atoms with van der Waals surface area (Å²) in [5.74, 6) is -2.74. The summed E-state index contributed by atoms with van der Waals surface area (Å²) in [5, 5.41) is 11.4. The lowest BCUT2D eigenvalue weighted by Gasteiger charge is -2.10. The van der Waals surface area contributed by atoms with E-state index in [0.29, 0.717) is 5.69 Å². The third-order valence-corrected chi connectivity index (χ3v) is 2.78. The molecule has 98 valence electrons. The van der Waals surface area contributed by atoms with E-state index in [0.717, 1.165) is 5.69 Å². The molecule has 0 saturated heterocycles. The Morgan fingerprint density at radius 1 is 1.21 bits per heavy atom. The van der Waals surface area contributed by atoms with Gasteiger partial charge in [0, 0.05) is 23.8 Å². The van der Waals surface area contributed by atoms with E-state index in [2.05, 4.69) is 5.32 Å². The lowest BCUT2D eigenvalue weighted by Crippen LogP contribution is -2.26. The molecule has 1 aromatic carbocycles. The van der Waals surface area contributed by atoms with Gasteiger partial charge >= 0.3 is 5.97 Å². The van der Waals surface area contributed by atoms with E-state index in [9.17, 15) is 9.59 Å². The summed E-state index contributed by atoms with van der Waals surface area (Å²) in [6.45, 7) is 1.35. The number of carbonyl (C=O) groups is 2. The van der Waals surface area contributed by atoms with Crippen LogP contribution in [0, 0.1) is 5.92 Å². The van der Waals surface area contributed by atoms with Gasteiger partial charge in [-0.1, -0.05) is 6.07 Å². The average Bonchev–Trinajstić information content (AvgIpc) is 2.91. The zero-order chi connectivity index (χ0) is 13.8. The zero-order valence-corrected chi connectivity index (χ0v) is 10.4. The molecule has 0 saturated carbocycles. The standard InChI is InChI=1S/C14H14N2O3/c1-10(14(18)19)13(17)15-11-5-4-6-12(9-11)16-7-2-3-8-16/h2-10H,1H3,(H,15,17)(H,18,19). The van der Waals surface area contributed by atoms with Crippen molar-refractivity contribution in [1.29, 1.82) is 0 Å². The molecule has 19 heavy (non-hydrogen) atoms. The maximum atomic E-state index is 11.7. The van der Waals surface area contributed by atoms with Crippen LogP contribution in [0.5, 0.6) is 0 Å². The van der Waals surface area contributed by atoms with Crippen LogP contribution in [-0.4, -0.2) is 21.6 Å². The van der Waals surface area contributed by atoms with Gasteiger partial charge in [0.2, 0.25) is 5.91 Å². The lowest BCUT2D eigenvalue weighted by atomic mass is 10.1. The molecule has 5 heteroatoms. The Labute approximate surface area is 110 Å². The molecule has 0 spiro atoms. The van der Waals surface area contributed by atoms with E-state index < -0.39 is 17.8 Å². The molecule has 0 fully saturated rings. The summed E-state index contributed by atoms with van der Waals surface area (Å²) in [5.41, 5.74) is 1.47. The van der Waals surface area contributed by atoms with Crippen molar-refractivity contribution < 1.29 is 14.7 Å². The number of hydrogen-bond donors (Lipinski definition) is 2. The van der Waals surface area contributed by atoms with E-state index in [1.807, 2.05) is 35.2 Å². The second-order valence-corrected chi connectivity index (χ2v) is 4.19. The Kier molecular flexibility index (Phi) is 3.66. The second-order valence-electron chi connectivity index (χ2n) is 4.19. The Morgan fingerprint density at radius 3 is 2.53 bits per heavy atom. The molecular formula is C14H14N2O3. The van der Waals surface area contributed by atoms with Gasteiger partial charge in [-0.3, -0.25) is 9.59 Å². The van der Waals surface area contributed by atoms with Crippen molar-refractivity contribution in [2.45, 2.75) is 6.92 Å². The summed E-state index contributed by atoms with van der Waals surface area (Å²) >= 11 is 0. The first-order valence-electron chi connectivity index (χ1n) is 5.85. The van der Waals surface area contributed by atoms with Crippen LogP contribution in [0.4, 0.5) is 5.69 Å². The number of rotatable bonds is 4. The fraction of sp³-hybridized carbons (Fsp3) is 0.143.